The van der Waals surface area contributed by atoms with E-state index < -0.39 is 5.56 Å². The molecule has 0 fully saturated rings. The van der Waals surface area contributed by atoms with Crippen LogP contribution in [-0.4, -0.2) is 42.4 Å². The van der Waals surface area contributed by atoms with Gasteiger partial charge in [0.25, 0.3) is 5.56 Å². The zero-order valence-corrected chi connectivity index (χ0v) is 20.4. The van der Waals surface area contributed by atoms with Gasteiger partial charge in [0, 0.05) is 35.0 Å². The van der Waals surface area contributed by atoms with Crippen molar-refractivity contribution in [2.75, 3.05) is 21.3 Å². The number of aromatic hydroxyl groups is 2. The number of phenols is 2. The van der Waals surface area contributed by atoms with Gasteiger partial charge in [0.2, 0.25) is 0 Å². The second kappa shape index (κ2) is 8.76. The van der Waals surface area contributed by atoms with Gasteiger partial charge in [-0.25, -0.2) is 0 Å². The van der Waals surface area contributed by atoms with Crippen LogP contribution in [0.4, 0.5) is 0 Å². The second-order valence-electron chi connectivity index (χ2n) is 8.16. The van der Waals surface area contributed by atoms with Crippen LogP contribution in [0.2, 0.25) is 5.02 Å². The molecule has 0 saturated carbocycles. The minimum atomic E-state index is -0.422. The highest BCUT2D eigenvalue weighted by molar-refractivity contribution is 6.37. The Labute approximate surface area is 201 Å². The average molecular weight is 488 g/mol. The standard InChI is InChI=1S/C25H26ClNO7/c1-6-7-14-19(26)17-18(25(31)27(14)2)21(30)15-11(22(17)32-3)8-9-12-16(15)23(33-4)13(10-28)20(29)24(12)34-5/h10,29-30H,6-9H2,1-5H3. The highest BCUT2D eigenvalue weighted by atomic mass is 35.5. The molecule has 1 heterocycles. The average Bonchev–Trinajstić information content (AvgIpc) is 2.83. The first-order valence-electron chi connectivity index (χ1n) is 10.9. The van der Waals surface area contributed by atoms with Crippen LogP contribution in [0.15, 0.2) is 4.79 Å². The van der Waals surface area contributed by atoms with Crippen molar-refractivity contribution >= 4 is 28.7 Å². The van der Waals surface area contributed by atoms with Crippen molar-refractivity contribution in [2.24, 2.45) is 7.05 Å². The quantitative estimate of drug-likeness (QED) is 0.503. The zero-order valence-electron chi connectivity index (χ0n) is 19.7. The maximum absolute atomic E-state index is 13.5. The van der Waals surface area contributed by atoms with Crippen LogP contribution >= 0.6 is 11.6 Å². The van der Waals surface area contributed by atoms with E-state index in [1.165, 1.54) is 25.9 Å². The number of fused-ring (bicyclic) bond motifs is 4. The van der Waals surface area contributed by atoms with Gasteiger partial charge in [-0.1, -0.05) is 24.9 Å². The number of nitrogens with zero attached hydrogens (tertiary/aromatic N) is 1. The van der Waals surface area contributed by atoms with Crippen LogP contribution < -0.4 is 19.8 Å². The van der Waals surface area contributed by atoms with E-state index in [-0.39, 0.29) is 33.9 Å². The molecule has 3 aromatic rings. The lowest BCUT2D eigenvalue weighted by Crippen LogP contribution is -2.22. The Hall–Kier alpha value is -3.39. The minimum absolute atomic E-state index is 0.0116. The van der Waals surface area contributed by atoms with Gasteiger partial charge in [-0.3, -0.25) is 9.59 Å². The summed E-state index contributed by atoms with van der Waals surface area (Å²) < 4.78 is 18.2. The molecule has 9 heteroatoms. The normalized spacial score (nSPS) is 12.3. The van der Waals surface area contributed by atoms with E-state index in [1.54, 1.807) is 7.05 Å². The highest BCUT2D eigenvalue weighted by Gasteiger charge is 2.36. The smallest absolute Gasteiger partial charge is 0.262 e. The van der Waals surface area contributed by atoms with Gasteiger partial charge in [0.05, 0.1) is 37.1 Å². The lowest BCUT2D eigenvalue weighted by Gasteiger charge is -2.29. The summed E-state index contributed by atoms with van der Waals surface area (Å²) in [6.07, 6.45) is 2.63. The monoisotopic (exact) mass is 487 g/mol. The molecule has 8 nitrogen and oxygen atoms in total. The third-order valence-electron chi connectivity index (χ3n) is 6.53. The number of aldehydes is 1. The Morgan fingerprint density at radius 3 is 2.06 bits per heavy atom. The molecule has 4 rings (SSSR count). The van der Waals surface area contributed by atoms with Crippen molar-refractivity contribution in [3.05, 3.63) is 37.8 Å². The van der Waals surface area contributed by atoms with Gasteiger partial charge >= 0.3 is 0 Å². The number of rotatable bonds is 6. The summed E-state index contributed by atoms with van der Waals surface area (Å²) in [4.78, 5) is 25.3. The van der Waals surface area contributed by atoms with Crippen molar-refractivity contribution < 1.29 is 29.2 Å². The predicted octanol–water partition coefficient (Wildman–Crippen LogP) is 4.16. The molecule has 1 aliphatic rings. The molecule has 2 aromatic carbocycles. The largest absolute Gasteiger partial charge is 0.506 e. The van der Waals surface area contributed by atoms with Gasteiger partial charge in [-0.15, -0.1) is 0 Å². The summed E-state index contributed by atoms with van der Waals surface area (Å²) in [5, 5.41) is 22.9. The fourth-order valence-corrected chi connectivity index (χ4v) is 5.46. The Morgan fingerprint density at radius 1 is 0.941 bits per heavy atom. The number of halogens is 1. The number of pyridine rings is 1. The van der Waals surface area contributed by atoms with Gasteiger partial charge in [0.1, 0.15) is 22.8 Å². The Kier molecular flexibility index (Phi) is 6.12. The van der Waals surface area contributed by atoms with E-state index >= 15 is 0 Å². The number of carbonyl (C=O) groups excluding carboxylic acids is 1. The number of methoxy groups -OCH3 is 3. The molecule has 34 heavy (non-hydrogen) atoms. The Balaban J connectivity index is 2.29. The zero-order chi connectivity index (χ0) is 24.9. The van der Waals surface area contributed by atoms with Crippen LogP contribution in [-0.2, 0) is 26.3 Å². The molecular weight excluding hydrogens is 462 g/mol. The first kappa shape index (κ1) is 23.8. The molecule has 0 amide bonds. The molecular formula is C25H26ClNO7. The van der Waals surface area contributed by atoms with Gasteiger partial charge in [-0.05, 0) is 19.3 Å². The summed E-state index contributed by atoms with van der Waals surface area (Å²) in [5.41, 5.74) is 1.96. The Morgan fingerprint density at radius 2 is 1.53 bits per heavy atom. The fourth-order valence-electron chi connectivity index (χ4n) is 5.06. The third kappa shape index (κ3) is 3.05. The van der Waals surface area contributed by atoms with E-state index in [2.05, 4.69) is 0 Å². The summed E-state index contributed by atoms with van der Waals surface area (Å²) in [6.45, 7) is 1.99. The van der Waals surface area contributed by atoms with Crippen molar-refractivity contribution in [1.82, 2.24) is 4.57 Å². The maximum atomic E-state index is 13.5. The molecule has 0 aliphatic heterocycles. The summed E-state index contributed by atoms with van der Waals surface area (Å²) >= 11 is 6.80. The second-order valence-corrected chi connectivity index (χ2v) is 8.54. The summed E-state index contributed by atoms with van der Waals surface area (Å²) in [6, 6.07) is 0. The van der Waals surface area contributed by atoms with E-state index in [4.69, 9.17) is 25.8 Å². The van der Waals surface area contributed by atoms with Gasteiger partial charge < -0.3 is 29.0 Å². The minimum Gasteiger partial charge on any atom is -0.506 e. The maximum Gasteiger partial charge on any atom is 0.262 e. The van der Waals surface area contributed by atoms with Crippen molar-refractivity contribution in [3.8, 4) is 39.9 Å². The molecule has 1 aliphatic carbocycles. The molecule has 180 valence electrons. The predicted molar refractivity (Wildman–Crippen MR) is 129 cm³/mol. The first-order valence-corrected chi connectivity index (χ1v) is 11.2. The topological polar surface area (TPSA) is 107 Å². The molecule has 0 unspecified atom stereocenters. The number of hydrogen-bond donors (Lipinski definition) is 2. The molecule has 0 radical (unpaired) electrons. The van der Waals surface area contributed by atoms with E-state index in [1.807, 2.05) is 6.92 Å². The number of carbonyl (C=O) groups is 1. The van der Waals surface area contributed by atoms with Crippen molar-refractivity contribution in [3.63, 3.8) is 0 Å². The molecule has 0 bridgehead atoms. The number of ether oxygens (including phenoxy) is 3. The number of benzene rings is 2. The molecule has 0 saturated heterocycles. The fraction of sp³-hybridized carbons (Fsp3) is 0.360. The van der Waals surface area contributed by atoms with Crippen molar-refractivity contribution in [1.29, 1.82) is 0 Å². The van der Waals surface area contributed by atoms with E-state index in [9.17, 15) is 19.8 Å². The van der Waals surface area contributed by atoms with Crippen LogP contribution in [0.5, 0.6) is 28.7 Å². The van der Waals surface area contributed by atoms with Crippen LogP contribution in [0.3, 0.4) is 0 Å². The molecule has 2 N–H and O–H groups in total. The molecule has 1 aromatic heterocycles. The van der Waals surface area contributed by atoms with E-state index in [0.29, 0.717) is 69.7 Å². The summed E-state index contributed by atoms with van der Waals surface area (Å²) in [5.74, 6) is -0.0554. The van der Waals surface area contributed by atoms with E-state index in [0.717, 1.165) is 6.42 Å². The highest BCUT2D eigenvalue weighted by Crippen LogP contribution is 2.56. The number of hydrogen-bond acceptors (Lipinski definition) is 7. The third-order valence-corrected chi connectivity index (χ3v) is 6.94. The molecule has 0 atom stereocenters. The lowest BCUT2D eigenvalue weighted by molar-refractivity contribution is 0.111. The van der Waals surface area contributed by atoms with Crippen LogP contribution in [0.25, 0.3) is 21.9 Å². The Bertz CT molecular complexity index is 1410. The van der Waals surface area contributed by atoms with Crippen molar-refractivity contribution in [2.45, 2.75) is 32.6 Å². The van der Waals surface area contributed by atoms with Gasteiger partial charge in [0.15, 0.2) is 17.8 Å². The lowest BCUT2D eigenvalue weighted by atomic mass is 9.80. The number of phenolic OH excluding ortho intramolecular Hbond substituents is 2. The van der Waals surface area contributed by atoms with Crippen LogP contribution in [0.1, 0.15) is 40.5 Å². The number of aromatic nitrogens is 1. The first-order chi connectivity index (χ1) is 16.3. The molecule has 0 spiro atoms. The van der Waals surface area contributed by atoms with Crippen LogP contribution in [0, 0.1) is 0 Å². The van der Waals surface area contributed by atoms with Gasteiger partial charge in [-0.2, -0.15) is 0 Å². The summed E-state index contributed by atoms with van der Waals surface area (Å²) in [7, 11) is 5.85. The SMILES string of the molecule is CCCc1c(Cl)c2c(OC)c3c(c(O)c2c(=O)n1C)-c1c(c(OC)c(O)c(C=O)c1OC)CC3.